The van der Waals surface area contributed by atoms with Crippen LogP contribution in [0.15, 0.2) is 26.0 Å². The van der Waals surface area contributed by atoms with Crippen LogP contribution in [0.25, 0.3) is 0 Å². The van der Waals surface area contributed by atoms with Gasteiger partial charge in [-0.25, -0.2) is 0 Å². The summed E-state index contributed by atoms with van der Waals surface area (Å²) in [5, 5.41) is 0. The third-order valence-electron chi connectivity index (χ3n) is 1.61. The summed E-state index contributed by atoms with van der Waals surface area (Å²) in [5.74, 6) is 0. The number of hydrogen-bond acceptors (Lipinski definition) is 2. The normalized spacial score (nSPS) is 10.4. The maximum absolute atomic E-state index is 11.5. The first kappa shape index (κ1) is 10.9. The summed E-state index contributed by atoms with van der Waals surface area (Å²) >= 11 is 6.51. The van der Waals surface area contributed by atoms with E-state index in [4.69, 9.17) is 5.73 Å². The van der Waals surface area contributed by atoms with Crippen LogP contribution in [0.4, 0.5) is 0 Å². The van der Waals surface area contributed by atoms with Crippen LogP contribution in [0.2, 0.25) is 0 Å². The van der Waals surface area contributed by atoms with Gasteiger partial charge in [0.15, 0.2) is 0 Å². The van der Waals surface area contributed by atoms with Crippen molar-refractivity contribution in [3.63, 3.8) is 0 Å². The zero-order valence-corrected chi connectivity index (χ0v) is 10.1. The van der Waals surface area contributed by atoms with Crippen molar-refractivity contribution in [3.8, 4) is 0 Å². The Kier molecular flexibility index (Phi) is 4.15. The summed E-state index contributed by atoms with van der Waals surface area (Å²) in [6.45, 7) is 1.25. The lowest BCUT2D eigenvalue weighted by Gasteiger charge is -2.05. The van der Waals surface area contributed by atoms with Crippen LogP contribution < -0.4 is 11.3 Å². The second-order valence-electron chi connectivity index (χ2n) is 2.65. The van der Waals surface area contributed by atoms with Crippen molar-refractivity contribution in [2.24, 2.45) is 5.73 Å². The topological polar surface area (TPSA) is 48.0 Å². The molecule has 3 nitrogen and oxygen atoms in total. The fourth-order valence-electron chi connectivity index (χ4n) is 0.992. The molecule has 1 aromatic heterocycles. The third-order valence-corrected chi connectivity index (χ3v) is 2.61. The lowest BCUT2D eigenvalue weighted by Crippen LogP contribution is -2.21. The summed E-state index contributed by atoms with van der Waals surface area (Å²) in [4.78, 5) is 11.5. The van der Waals surface area contributed by atoms with Crippen molar-refractivity contribution >= 4 is 31.9 Å². The Morgan fingerprint density at radius 1 is 1.46 bits per heavy atom. The molecule has 2 N–H and O–H groups in total. The number of aryl methyl sites for hydroxylation is 1. The smallest absolute Gasteiger partial charge is 0.264 e. The van der Waals surface area contributed by atoms with Crippen LogP contribution in [0.1, 0.15) is 6.42 Å². The fourth-order valence-corrected chi connectivity index (χ4v) is 2.25. The molecular formula is C8H10Br2N2O. The standard InChI is InChI=1S/C8H10Br2N2O/c9-6-4-7(10)8(13)12(5-6)3-1-2-11/h4-5H,1-3,11H2. The molecule has 72 valence electrons. The van der Waals surface area contributed by atoms with Gasteiger partial charge < -0.3 is 10.3 Å². The molecular weight excluding hydrogens is 300 g/mol. The van der Waals surface area contributed by atoms with Crippen LogP contribution in [0, 0.1) is 0 Å². The number of rotatable bonds is 3. The molecule has 5 heteroatoms. The van der Waals surface area contributed by atoms with Gasteiger partial charge in [0, 0.05) is 17.2 Å². The molecule has 0 aromatic carbocycles. The zero-order chi connectivity index (χ0) is 9.84. The van der Waals surface area contributed by atoms with Crippen LogP contribution in [0.3, 0.4) is 0 Å². The second kappa shape index (κ2) is 4.93. The summed E-state index contributed by atoms with van der Waals surface area (Å²) in [5.41, 5.74) is 5.35. The largest absolute Gasteiger partial charge is 0.330 e. The summed E-state index contributed by atoms with van der Waals surface area (Å²) < 4.78 is 3.09. The molecule has 0 atom stereocenters. The Bertz CT molecular complexity index is 348. The number of pyridine rings is 1. The maximum atomic E-state index is 11.5. The average Bonchev–Trinajstić information content (AvgIpc) is 2.09. The van der Waals surface area contributed by atoms with E-state index < -0.39 is 0 Å². The Labute approximate surface area is 93.2 Å². The molecule has 0 aliphatic heterocycles. The molecule has 0 radical (unpaired) electrons. The van der Waals surface area contributed by atoms with E-state index >= 15 is 0 Å². The molecule has 13 heavy (non-hydrogen) atoms. The summed E-state index contributed by atoms with van der Waals surface area (Å²) in [7, 11) is 0. The van der Waals surface area contributed by atoms with Gasteiger partial charge in [-0.3, -0.25) is 4.79 Å². The van der Waals surface area contributed by atoms with E-state index in [2.05, 4.69) is 31.9 Å². The van der Waals surface area contributed by atoms with Crippen molar-refractivity contribution in [3.05, 3.63) is 31.6 Å². The van der Waals surface area contributed by atoms with E-state index in [-0.39, 0.29) is 5.56 Å². The highest BCUT2D eigenvalue weighted by Crippen LogP contribution is 2.12. The highest BCUT2D eigenvalue weighted by atomic mass is 79.9. The molecule has 0 fully saturated rings. The van der Waals surface area contributed by atoms with Gasteiger partial charge in [-0.1, -0.05) is 0 Å². The lowest BCUT2D eigenvalue weighted by atomic mass is 10.4. The van der Waals surface area contributed by atoms with Crippen molar-refractivity contribution in [1.82, 2.24) is 4.57 Å². The van der Waals surface area contributed by atoms with Gasteiger partial charge in [0.25, 0.3) is 5.56 Å². The highest BCUT2D eigenvalue weighted by Gasteiger charge is 2.01. The maximum Gasteiger partial charge on any atom is 0.264 e. The van der Waals surface area contributed by atoms with E-state index in [0.29, 0.717) is 17.6 Å². The molecule has 1 rings (SSSR count). The molecule has 1 heterocycles. The van der Waals surface area contributed by atoms with Crippen molar-refractivity contribution in [2.45, 2.75) is 13.0 Å². The van der Waals surface area contributed by atoms with Gasteiger partial charge in [-0.2, -0.15) is 0 Å². The number of nitrogens with zero attached hydrogens (tertiary/aromatic N) is 1. The van der Waals surface area contributed by atoms with Gasteiger partial charge >= 0.3 is 0 Å². The fraction of sp³-hybridized carbons (Fsp3) is 0.375. The predicted molar refractivity (Wildman–Crippen MR) is 59.8 cm³/mol. The Morgan fingerprint density at radius 2 is 2.15 bits per heavy atom. The van der Waals surface area contributed by atoms with E-state index in [9.17, 15) is 4.79 Å². The zero-order valence-electron chi connectivity index (χ0n) is 6.96. The van der Waals surface area contributed by atoms with Crippen LogP contribution >= 0.6 is 31.9 Å². The molecule has 0 bridgehead atoms. The van der Waals surface area contributed by atoms with Gasteiger partial charge in [0.1, 0.15) is 0 Å². The van der Waals surface area contributed by atoms with E-state index in [1.54, 1.807) is 16.8 Å². The molecule has 0 saturated carbocycles. The minimum absolute atomic E-state index is 0.0170. The molecule has 0 aliphatic carbocycles. The minimum atomic E-state index is -0.0170. The van der Waals surface area contributed by atoms with Crippen molar-refractivity contribution in [1.29, 1.82) is 0 Å². The van der Waals surface area contributed by atoms with Gasteiger partial charge in [-0.15, -0.1) is 0 Å². The first-order valence-corrected chi connectivity index (χ1v) is 5.49. The average molecular weight is 310 g/mol. The van der Waals surface area contributed by atoms with Crippen LogP contribution in [0.5, 0.6) is 0 Å². The first-order valence-electron chi connectivity index (χ1n) is 3.90. The van der Waals surface area contributed by atoms with E-state index in [1.165, 1.54) is 0 Å². The molecule has 0 spiro atoms. The minimum Gasteiger partial charge on any atom is -0.330 e. The number of aromatic nitrogens is 1. The quantitative estimate of drug-likeness (QED) is 0.924. The predicted octanol–water partition coefficient (Wildman–Crippen LogP) is 1.72. The molecule has 0 amide bonds. The highest BCUT2D eigenvalue weighted by molar-refractivity contribution is 9.11. The van der Waals surface area contributed by atoms with Crippen molar-refractivity contribution < 1.29 is 0 Å². The van der Waals surface area contributed by atoms with Crippen LogP contribution in [-0.4, -0.2) is 11.1 Å². The lowest BCUT2D eigenvalue weighted by molar-refractivity contribution is 0.626. The number of halogens is 2. The Hall–Kier alpha value is -0.130. The molecule has 0 unspecified atom stereocenters. The summed E-state index contributed by atoms with van der Waals surface area (Å²) in [6.07, 6.45) is 2.57. The Morgan fingerprint density at radius 3 is 2.77 bits per heavy atom. The number of hydrogen-bond donors (Lipinski definition) is 1. The second-order valence-corrected chi connectivity index (χ2v) is 4.42. The Balaban J connectivity index is 2.99. The number of nitrogens with two attached hydrogens (primary N) is 1. The monoisotopic (exact) mass is 308 g/mol. The summed E-state index contributed by atoms with van der Waals surface area (Å²) in [6, 6.07) is 1.74. The van der Waals surface area contributed by atoms with E-state index in [0.717, 1.165) is 10.9 Å². The van der Waals surface area contributed by atoms with Crippen LogP contribution in [-0.2, 0) is 6.54 Å². The van der Waals surface area contributed by atoms with Gasteiger partial charge in [0.05, 0.1) is 4.47 Å². The third kappa shape index (κ3) is 2.93. The van der Waals surface area contributed by atoms with Crippen molar-refractivity contribution in [2.75, 3.05) is 6.54 Å². The van der Waals surface area contributed by atoms with E-state index in [1.807, 2.05) is 0 Å². The molecule has 0 saturated heterocycles. The molecule has 1 aromatic rings. The SMILES string of the molecule is NCCCn1cc(Br)cc(Br)c1=O. The van der Waals surface area contributed by atoms with Gasteiger partial charge in [0.2, 0.25) is 0 Å². The molecule has 0 aliphatic rings. The first-order chi connectivity index (χ1) is 6.15. The van der Waals surface area contributed by atoms with Gasteiger partial charge in [-0.05, 0) is 50.9 Å².